The molecule has 0 aliphatic heterocycles. The van der Waals surface area contributed by atoms with Crippen LogP contribution in [0.3, 0.4) is 0 Å². The van der Waals surface area contributed by atoms with Crippen molar-refractivity contribution in [1.82, 2.24) is 14.8 Å². The number of hydrogen-bond donors (Lipinski definition) is 1. The van der Waals surface area contributed by atoms with Gasteiger partial charge in [0.15, 0.2) is 5.82 Å². The Morgan fingerprint density at radius 3 is 2.35 bits per heavy atom. The first-order chi connectivity index (χ1) is 16.5. The van der Waals surface area contributed by atoms with Gasteiger partial charge in [-0.1, -0.05) is 74.0 Å². The van der Waals surface area contributed by atoms with E-state index in [4.69, 9.17) is 4.74 Å². The van der Waals surface area contributed by atoms with Gasteiger partial charge < -0.3 is 10.1 Å². The van der Waals surface area contributed by atoms with Crippen LogP contribution in [0.2, 0.25) is 0 Å². The van der Waals surface area contributed by atoms with E-state index in [2.05, 4.69) is 48.3 Å². The Labute approximate surface area is 200 Å². The summed E-state index contributed by atoms with van der Waals surface area (Å²) in [5.41, 5.74) is 4.87. The molecule has 1 heterocycles. The summed E-state index contributed by atoms with van der Waals surface area (Å²) in [5.74, 6) is 1.07. The first-order valence-electron chi connectivity index (χ1n) is 11.6. The second-order valence-electron chi connectivity index (χ2n) is 8.78. The zero-order valence-corrected chi connectivity index (χ0v) is 19.9. The summed E-state index contributed by atoms with van der Waals surface area (Å²) >= 11 is 0. The lowest BCUT2D eigenvalue weighted by molar-refractivity contribution is -0.116. The third-order valence-electron chi connectivity index (χ3n) is 5.32. The van der Waals surface area contributed by atoms with Gasteiger partial charge in [0.25, 0.3) is 0 Å². The van der Waals surface area contributed by atoms with Crippen LogP contribution in [0.25, 0.3) is 17.1 Å². The van der Waals surface area contributed by atoms with Crippen LogP contribution < -0.4 is 10.1 Å². The van der Waals surface area contributed by atoms with Gasteiger partial charge in [-0.15, -0.1) is 5.10 Å². The molecule has 0 atom stereocenters. The fourth-order valence-electron chi connectivity index (χ4n) is 3.48. The molecule has 0 saturated carbocycles. The largest absolute Gasteiger partial charge is 0.462 e. The number of benzene rings is 3. The molecule has 4 rings (SSSR count). The average molecular weight is 455 g/mol. The Morgan fingerprint density at radius 1 is 0.971 bits per heavy atom. The maximum absolute atomic E-state index is 12.4. The van der Waals surface area contributed by atoms with E-state index in [0.717, 1.165) is 22.5 Å². The predicted molar refractivity (Wildman–Crippen MR) is 135 cm³/mol. The van der Waals surface area contributed by atoms with Gasteiger partial charge in [0, 0.05) is 17.7 Å². The topological polar surface area (TPSA) is 69.0 Å². The van der Waals surface area contributed by atoms with Gasteiger partial charge in [-0.25, -0.2) is 4.68 Å². The molecular formula is C28H30N4O2. The maximum atomic E-state index is 12.4. The maximum Gasteiger partial charge on any atom is 0.336 e. The highest BCUT2D eigenvalue weighted by Gasteiger charge is 2.15. The minimum Gasteiger partial charge on any atom is -0.462 e. The molecule has 34 heavy (non-hydrogen) atoms. The molecule has 1 amide bonds. The van der Waals surface area contributed by atoms with Crippen molar-refractivity contribution in [1.29, 1.82) is 0 Å². The molecule has 3 aromatic carbocycles. The van der Waals surface area contributed by atoms with Crippen LogP contribution >= 0.6 is 0 Å². The molecule has 0 radical (unpaired) electrons. The molecule has 0 aliphatic rings. The summed E-state index contributed by atoms with van der Waals surface area (Å²) in [6.45, 7) is 6.78. The van der Waals surface area contributed by atoms with Crippen LogP contribution in [0.4, 0.5) is 5.69 Å². The standard InChI is InChI=1S/C28H30N4O2/c1-20(2)19-34-28-30-27(23-12-9-21(3)10-13-23)32(31-28)25-16-14-24(15-17-25)29-26(33)18-11-22-7-5-4-6-8-22/h4-10,12-17,20H,11,18-19H2,1-3H3,(H,29,33). The minimum atomic E-state index is -0.0120. The zero-order chi connectivity index (χ0) is 23.9. The predicted octanol–water partition coefficient (Wildman–Crippen LogP) is 5.85. The van der Waals surface area contributed by atoms with Crippen LogP contribution in [0, 0.1) is 12.8 Å². The van der Waals surface area contributed by atoms with Gasteiger partial charge in [0.05, 0.1) is 12.3 Å². The number of nitrogens with one attached hydrogen (secondary N) is 1. The molecule has 0 spiro atoms. The lowest BCUT2D eigenvalue weighted by Gasteiger charge is -2.09. The Hall–Kier alpha value is -3.93. The van der Waals surface area contributed by atoms with Crippen LogP contribution in [-0.4, -0.2) is 27.3 Å². The van der Waals surface area contributed by atoms with E-state index in [1.807, 2.05) is 66.7 Å². The van der Waals surface area contributed by atoms with Crippen molar-refractivity contribution in [2.75, 3.05) is 11.9 Å². The molecule has 1 aromatic heterocycles. The number of aryl methyl sites for hydroxylation is 2. The summed E-state index contributed by atoms with van der Waals surface area (Å²) in [7, 11) is 0. The van der Waals surface area contributed by atoms with E-state index in [1.165, 1.54) is 5.56 Å². The summed E-state index contributed by atoms with van der Waals surface area (Å²) < 4.78 is 7.57. The van der Waals surface area contributed by atoms with Crippen molar-refractivity contribution in [3.05, 3.63) is 90.0 Å². The molecule has 0 aliphatic carbocycles. The highest BCUT2D eigenvalue weighted by atomic mass is 16.5. The first-order valence-corrected chi connectivity index (χ1v) is 11.6. The Bertz CT molecular complexity index is 1210. The molecule has 0 saturated heterocycles. The number of ether oxygens (including phenoxy) is 1. The summed E-state index contributed by atoms with van der Waals surface area (Å²) in [4.78, 5) is 17.0. The van der Waals surface area contributed by atoms with Gasteiger partial charge >= 0.3 is 6.01 Å². The molecule has 0 unspecified atom stereocenters. The minimum absolute atomic E-state index is 0.0120. The monoisotopic (exact) mass is 454 g/mol. The highest BCUT2D eigenvalue weighted by molar-refractivity contribution is 5.90. The first kappa shape index (κ1) is 23.2. The molecule has 1 N–H and O–H groups in total. The zero-order valence-electron chi connectivity index (χ0n) is 19.9. The second-order valence-corrected chi connectivity index (χ2v) is 8.78. The summed E-state index contributed by atoms with van der Waals surface area (Å²) in [6, 6.07) is 26.1. The van der Waals surface area contributed by atoms with Crippen LogP contribution in [0.1, 0.15) is 31.4 Å². The van der Waals surface area contributed by atoms with Crippen molar-refractivity contribution in [3.8, 4) is 23.1 Å². The third-order valence-corrected chi connectivity index (χ3v) is 5.32. The number of carbonyl (C=O) groups excluding carboxylic acids is 1. The van der Waals surface area contributed by atoms with Crippen molar-refractivity contribution in [2.24, 2.45) is 5.92 Å². The quantitative estimate of drug-likeness (QED) is 0.344. The molecular weight excluding hydrogens is 424 g/mol. The number of carbonyl (C=O) groups is 1. The molecule has 0 fully saturated rings. The van der Waals surface area contributed by atoms with E-state index in [0.29, 0.717) is 37.2 Å². The van der Waals surface area contributed by atoms with Crippen LogP contribution in [0.5, 0.6) is 6.01 Å². The number of amides is 1. The van der Waals surface area contributed by atoms with Gasteiger partial charge in [-0.05, 0) is 49.1 Å². The smallest absolute Gasteiger partial charge is 0.336 e. The van der Waals surface area contributed by atoms with Crippen LogP contribution in [0.15, 0.2) is 78.9 Å². The van der Waals surface area contributed by atoms with E-state index in [-0.39, 0.29) is 5.91 Å². The fraction of sp³-hybridized carbons (Fsp3) is 0.250. The fourth-order valence-corrected chi connectivity index (χ4v) is 3.48. The van der Waals surface area contributed by atoms with Gasteiger partial charge in [0.2, 0.25) is 5.91 Å². The number of anilines is 1. The van der Waals surface area contributed by atoms with Crippen molar-refractivity contribution < 1.29 is 9.53 Å². The number of hydrogen-bond acceptors (Lipinski definition) is 4. The van der Waals surface area contributed by atoms with Gasteiger partial charge in [0.1, 0.15) is 0 Å². The van der Waals surface area contributed by atoms with Crippen molar-refractivity contribution >= 4 is 11.6 Å². The van der Waals surface area contributed by atoms with Crippen LogP contribution in [-0.2, 0) is 11.2 Å². The van der Waals surface area contributed by atoms with E-state index < -0.39 is 0 Å². The highest BCUT2D eigenvalue weighted by Crippen LogP contribution is 2.25. The lowest BCUT2D eigenvalue weighted by Crippen LogP contribution is -2.12. The Balaban J connectivity index is 1.50. The van der Waals surface area contributed by atoms with E-state index in [1.54, 1.807) is 4.68 Å². The molecule has 4 aromatic rings. The molecule has 6 heteroatoms. The SMILES string of the molecule is Cc1ccc(-c2nc(OCC(C)C)nn2-c2ccc(NC(=O)CCc3ccccc3)cc2)cc1. The number of rotatable bonds is 9. The molecule has 6 nitrogen and oxygen atoms in total. The number of nitrogens with zero attached hydrogens (tertiary/aromatic N) is 3. The summed E-state index contributed by atoms with van der Waals surface area (Å²) in [5, 5.41) is 7.57. The van der Waals surface area contributed by atoms with Crippen molar-refractivity contribution in [3.63, 3.8) is 0 Å². The third kappa shape index (κ3) is 6.10. The van der Waals surface area contributed by atoms with Gasteiger partial charge in [-0.3, -0.25) is 4.79 Å². The Kier molecular flexibility index (Phi) is 7.38. The molecule has 0 bridgehead atoms. The second kappa shape index (κ2) is 10.8. The van der Waals surface area contributed by atoms with E-state index >= 15 is 0 Å². The average Bonchev–Trinajstić information content (AvgIpc) is 3.27. The summed E-state index contributed by atoms with van der Waals surface area (Å²) in [6.07, 6.45) is 1.14. The Morgan fingerprint density at radius 2 is 1.68 bits per heavy atom. The molecule has 174 valence electrons. The van der Waals surface area contributed by atoms with Crippen molar-refractivity contribution in [2.45, 2.75) is 33.6 Å². The number of aromatic nitrogens is 3. The normalized spacial score (nSPS) is 10.9. The van der Waals surface area contributed by atoms with E-state index in [9.17, 15) is 4.79 Å². The van der Waals surface area contributed by atoms with Gasteiger partial charge in [-0.2, -0.15) is 4.98 Å². The lowest BCUT2D eigenvalue weighted by atomic mass is 10.1.